The van der Waals surface area contributed by atoms with Crippen molar-refractivity contribution >= 4 is 5.97 Å². The lowest BCUT2D eigenvalue weighted by molar-refractivity contribution is -0.150. The highest BCUT2D eigenvalue weighted by molar-refractivity contribution is 5.80. The predicted octanol–water partition coefficient (Wildman–Crippen LogP) is 2.17. The van der Waals surface area contributed by atoms with Crippen LogP contribution in [0.4, 0.5) is 0 Å². The van der Waals surface area contributed by atoms with Gasteiger partial charge >= 0.3 is 5.97 Å². The Hall–Kier alpha value is -1.52. The molecule has 17 heavy (non-hydrogen) atoms. The lowest BCUT2D eigenvalue weighted by Gasteiger charge is -2.28. The number of allylic oxidation sites excluding steroid dienone is 1. The van der Waals surface area contributed by atoms with Gasteiger partial charge in [0.25, 0.3) is 0 Å². The zero-order chi connectivity index (χ0) is 13.1. The Bertz CT molecular complexity index is 300. The van der Waals surface area contributed by atoms with Gasteiger partial charge < -0.3 is 10.1 Å². The van der Waals surface area contributed by atoms with E-state index in [1.165, 1.54) is 0 Å². The van der Waals surface area contributed by atoms with Crippen molar-refractivity contribution < 1.29 is 9.53 Å². The van der Waals surface area contributed by atoms with Gasteiger partial charge in [-0.25, -0.2) is 0 Å². The molecule has 1 atom stereocenters. The quantitative estimate of drug-likeness (QED) is 0.167. The van der Waals surface area contributed by atoms with Crippen molar-refractivity contribution in [1.82, 2.24) is 5.32 Å². The van der Waals surface area contributed by atoms with Gasteiger partial charge in [-0.3, -0.25) is 4.79 Å². The summed E-state index contributed by atoms with van der Waals surface area (Å²) in [6.07, 6.45) is 3.07. The Morgan fingerprint density at radius 3 is 2.94 bits per heavy atom. The van der Waals surface area contributed by atoms with Gasteiger partial charge in [0.1, 0.15) is 5.54 Å². The molecule has 96 valence electrons. The van der Waals surface area contributed by atoms with Crippen molar-refractivity contribution in [2.45, 2.75) is 32.2 Å². The van der Waals surface area contributed by atoms with Gasteiger partial charge in [-0.05, 0) is 32.2 Å². The van der Waals surface area contributed by atoms with Crippen LogP contribution in [-0.4, -0.2) is 31.2 Å². The van der Waals surface area contributed by atoms with Crippen molar-refractivity contribution in [3.05, 3.63) is 23.1 Å². The molecule has 0 radical (unpaired) electrons. The summed E-state index contributed by atoms with van der Waals surface area (Å²) in [5.74, 6) is -0.289. The topological polar surface area (TPSA) is 87.1 Å². The number of azide groups is 1. The van der Waals surface area contributed by atoms with Gasteiger partial charge in [-0.2, -0.15) is 0 Å². The Labute approximate surface area is 102 Å². The largest absolute Gasteiger partial charge is 0.465 e. The molecule has 0 aliphatic rings. The smallest absolute Gasteiger partial charge is 0.326 e. The maximum atomic E-state index is 11.8. The van der Waals surface area contributed by atoms with Crippen LogP contribution in [0.3, 0.4) is 0 Å². The second-order valence-corrected chi connectivity index (χ2v) is 3.76. The molecule has 1 N–H and O–H groups in total. The molecule has 6 heteroatoms. The molecule has 0 bridgehead atoms. The molecule has 6 nitrogen and oxygen atoms in total. The van der Waals surface area contributed by atoms with E-state index in [0.29, 0.717) is 32.5 Å². The van der Waals surface area contributed by atoms with Gasteiger partial charge in [0.2, 0.25) is 0 Å². The number of rotatable bonds is 9. The summed E-state index contributed by atoms with van der Waals surface area (Å²) >= 11 is 0. The van der Waals surface area contributed by atoms with E-state index >= 15 is 0 Å². The summed E-state index contributed by atoms with van der Waals surface area (Å²) in [5.41, 5.74) is 7.40. The first kappa shape index (κ1) is 15.5. The van der Waals surface area contributed by atoms with Crippen LogP contribution in [0.15, 0.2) is 17.8 Å². The highest BCUT2D eigenvalue weighted by Crippen LogP contribution is 2.15. The van der Waals surface area contributed by atoms with Crippen molar-refractivity contribution in [2.75, 3.05) is 19.7 Å². The Morgan fingerprint density at radius 1 is 1.71 bits per heavy atom. The number of nitrogens with one attached hydrogen (secondary N) is 1. The zero-order valence-electron chi connectivity index (χ0n) is 10.5. The number of ether oxygens (including phenoxy) is 1. The molecule has 0 amide bonds. The second-order valence-electron chi connectivity index (χ2n) is 3.76. The molecule has 0 aromatic carbocycles. The fraction of sp³-hybridized carbons (Fsp3) is 0.727. The molecule has 1 unspecified atom stereocenters. The van der Waals surface area contributed by atoms with Crippen LogP contribution in [0.2, 0.25) is 0 Å². The highest BCUT2D eigenvalue weighted by atomic mass is 16.5. The van der Waals surface area contributed by atoms with Crippen LogP contribution < -0.4 is 5.32 Å². The SMILES string of the molecule is C=CCCC(C)(NCCN=[N+]=[N-])C(=O)OCC. The minimum absolute atomic E-state index is 0.289. The monoisotopic (exact) mass is 240 g/mol. The Balaban J connectivity index is 4.41. The summed E-state index contributed by atoms with van der Waals surface area (Å²) < 4.78 is 5.02. The normalized spacial score (nSPS) is 13.3. The number of carbonyl (C=O) groups excluding carboxylic acids is 1. The third-order valence-electron chi connectivity index (χ3n) is 2.36. The molecule has 0 spiro atoms. The summed E-state index contributed by atoms with van der Waals surface area (Å²) in [5, 5.41) is 6.47. The minimum Gasteiger partial charge on any atom is -0.465 e. The van der Waals surface area contributed by atoms with Crippen LogP contribution in [0.5, 0.6) is 0 Å². The third-order valence-corrected chi connectivity index (χ3v) is 2.36. The lowest BCUT2D eigenvalue weighted by Crippen LogP contribution is -2.51. The van der Waals surface area contributed by atoms with Crippen LogP contribution in [0, 0.1) is 0 Å². The first-order chi connectivity index (χ1) is 8.10. The fourth-order valence-electron chi connectivity index (χ4n) is 1.37. The van der Waals surface area contributed by atoms with Gasteiger partial charge in [0.15, 0.2) is 0 Å². The van der Waals surface area contributed by atoms with Gasteiger partial charge in [0.05, 0.1) is 6.61 Å². The van der Waals surface area contributed by atoms with E-state index in [-0.39, 0.29) is 5.97 Å². The molecule has 0 aromatic heterocycles. The maximum Gasteiger partial charge on any atom is 0.326 e. The van der Waals surface area contributed by atoms with Gasteiger partial charge in [-0.15, -0.1) is 6.58 Å². The van der Waals surface area contributed by atoms with Crippen LogP contribution in [-0.2, 0) is 9.53 Å². The van der Waals surface area contributed by atoms with E-state index in [9.17, 15) is 4.79 Å². The summed E-state index contributed by atoms with van der Waals surface area (Å²) in [6, 6.07) is 0. The van der Waals surface area contributed by atoms with Gasteiger partial charge in [0, 0.05) is 18.0 Å². The second kappa shape index (κ2) is 8.61. The molecule has 0 aromatic rings. The van der Waals surface area contributed by atoms with Crippen LogP contribution in [0.1, 0.15) is 26.7 Å². The van der Waals surface area contributed by atoms with E-state index in [1.807, 2.05) is 0 Å². The first-order valence-electron chi connectivity index (χ1n) is 5.64. The fourth-order valence-corrected chi connectivity index (χ4v) is 1.37. The van der Waals surface area contributed by atoms with E-state index in [2.05, 4.69) is 21.9 Å². The van der Waals surface area contributed by atoms with E-state index in [1.54, 1.807) is 19.9 Å². The Kier molecular flexibility index (Phi) is 7.84. The Morgan fingerprint density at radius 2 is 2.41 bits per heavy atom. The van der Waals surface area contributed by atoms with E-state index in [0.717, 1.165) is 0 Å². The predicted molar refractivity (Wildman–Crippen MR) is 66.5 cm³/mol. The number of hydrogen-bond donors (Lipinski definition) is 1. The molecule has 0 rings (SSSR count). The summed E-state index contributed by atoms with van der Waals surface area (Å²) in [7, 11) is 0. The lowest BCUT2D eigenvalue weighted by atomic mass is 9.95. The van der Waals surface area contributed by atoms with Crippen LogP contribution >= 0.6 is 0 Å². The molecule has 0 saturated heterocycles. The zero-order valence-corrected chi connectivity index (χ0v) is 10.5. The molecular weight excluding hydrogens is 220 g/mol. The highest BCUT2D eigenvalue weighted by Gasteiger charge is 2.32. The number of hydrogen-bond acceptors (Lipinski definition) is 4. The molecule has 0 aliphatic carbocycles. The number of esters is 1. The first-order valence-corrected chi connectivity index (χ1v) is 5.64. The number of carbonyl (C=O) groups is 1. The number of nitrogens with zero attached hydrogens (tertiary/aromatic N) is 3. The van der Waals surface area contributed by atoms with Crippen LogP contribution in [0.25, 0.3) is 10.4 Å². The maximum absolute atomic E-state index is 11.8. The van der Waals surface area contributed by atoms with E-state index < -0.39 is 5.54 Å². The summed E-state index contributed by atoms with van der Waals surface area (Å²) in [6.45, 7) is 8.28. The van der Waals surface area contributed by atoms with Crippen molar-refractivity contribution in [2.24, 2.45) is 5.11 Å². The minimum atomic E-state index is -0.755. The van der Waals surface area contributed by atoms with Crippen molar-refractivity contribution in [3.8, 4) is 0 Å². The van der Waals surface area contributed by atoms with Crippen molar-refractivity contribution in [3.63, 3.8) is 0 Å². The molecule has 0 heterocycles. The third kappa shape index (κ3) is 5.94. The van der Waals surface area contributed by atoms with E-state index in [4.69, 9.17) is 10.3 Å². The average Bonchev–Trinajstić information content (AvgIpc) is 2.32. The standard InChI is InChI=1S/C11H20N4O2/c1-4-6-7-11(3,10(16)17-5-2)13-8-9-14-15-12/h4,13H,1,5-9H2,2-3H3. The molecule has 0 saturated carbocycles. The molecular formula is C11H20N4O2. The van der Waals surface area contributed by atoms with Crippen molar-refractivity contribution in [1.29, 1.82) is 0 Å². The van der Waals surface area contributed by atoms with Gasteiger partial charge in [-0.1, -0.05) is 11.2 Å². The average molecular weight is 240 g/mol. The summed E-state index contributed by atoms with van der Waals surface area (Å²) in [4.78, 5) is 14.5. The molecule has 0 fully saturated rings. The molecule has 0 aliphatic heterocycles.